The second-order valence-electron chi connectivity index (χ2n) is 3.67. The van der Waals surface area contributed by atoms with Gasteiger partial charge in [0, 0.05) is 0 Å². The van der Waals surface area contributed by atoms with E-state index in [1.165, 1.54) is 16.4 Å². The molecule has 94 valence electrons. The largest absolute Gasteiger partial charge is 0.497 e. The van der Waals surface area contributed by atoms with Gasteiger partial charge in [-0.15, -0.1) is 0 Å². The number of rotatable bonds is 8. The van der Waals surface area contributed by atoms with Gasteiger partial charge in [-0.25, -0.2) is 0 Å². The lowest BCUT2D eigenvalue weighted by molar-refractivity contribution is 0.148. The summed E-state index contributed by atoms with van der Waals surface area (Å²) in [6.07, 6.45) is 6.67. The molecule has 17 heavy (non-hydrogen) atoms. The van der Waals surface area contributed by atoms with Gasteiger partial charge in [-0.1, -0.05) is 46.9 Å². The van der Waals surface area contributed by atoms with Gasteiger partial charge in [-0.05, 0) is 35.0 Å². The van der Waals surface area contributed by atoms with Gasteiger partial charge in [0.05, 0.1) is 20.3 Å². The van der Waals surface area contributed by atoms with Crippen molar-refractivity contribution in [3.8, 4) is 5.75 Å². The quantitative estimate of drug-likeness (QED) is 0.307. The molecule has 0 aliphatic rings. The van der Waals surface area contributed by atoms with Crippen molar-refractivity contribution in [2.24, 2.45) is 0 Å². The van der Waals surface area contributed by atoms with Crippen molar-refractivity contribution in [1.29, 1.82) is 0 Å². The Morgan fingerprint density at radius 1 is 1.18 bits per heavy atom. The monoisotopic (exact) mass is 346 g/mol. The summed E-state index contributed by atoms with van der Waals surface area (Å²) in [5, 5.41) is 0. The number of ether oxygens (including phenoxy) is 2. The predicted octanol–water partition coefficient (Wildman–Crippen LogP) is 3.98. The Kier molecular flexibility index (Phi) is 8.09. The highest BCUT2D eigenvalue weighted by atomic mass is 127. The van der Waals surface area contributed by atoms with Crippen LogP contribution in [-0.2, 0) is 11.3 Å². The molecule has 0 radical (unpaired) electrons. The second kappa shape index (κ2) is 9.48. The first-order valence-corrected chi connectivity index (χ1v) is 7.31. The summed E-state index contributed by atoms with van der Waals surface area (Å²) in [5.41, 5.74) is 1.17. The Hall–Kier alpha value is -0.550. The minimum absolute atomic E-state index is 0.653. The van der Waals surface area contributed by atoms with Gasteiger partial charge in [0.1, 0.15) is 5.75 Å². The molecule has 1 aromatic rings. The van der Waals surface area contributed by atoms with E-state index < -0.39 is 0 Å². The molecule has 1 aromatic carbocycles. The zero-order valence-electron chi connectivity index (χ0n) is 10.2. The van der Waals surface area contributed by atoms with Crippen LogP contribution in [0.4, 0.5) is 0 Å². The molecule has 0 unspecified atom stereocenters. The summed E-state index contributed by atoms with van der Waals surface area (Å²) in [5.74, 6) is 0.882. The van der Waals surface area contributed by atoms with Crippen LogP contribution in [-0.4, -0.2) is 18.1 Å². The third-order valence-electron chi connectivity index (χ3n) is 2.31. The van der Waals surface area contributed by atoms with Crippen molar-refractivity contribution in [3.05, 3.63) is 42.0 Å². The topological polar surface area (TPSA) is 18.5 Å². The van der Waals surface area contributed by atoms with E-state index in [4.69, 9.17) is 9.47 Å². The molecule has 0 bridgehead atoms. The molecule has 0 aromatic heterocycles. The number of hydrogen-bond donors (Lipinski definition) is 0. The van der Waals surface area contributed by atoms with Crippen molar-refractivity contribution < 1.29 is 9.47 Å². The lowest BCUT2D eigenvalue weighted by atomic mass is 10.2. The minimum Gasteiger partial charge on any atom is -0.497 e. The zero-order valence-corrected chi connectivity index (χ0v) is 12.4. The third kappa shape index (κ3) is 6.68. The molecule has 0 heterocycles. The van der Waals surface area contributed by atoms with Crippen LogP contribution >= 0.6 is 22.6 Å². The normalized spacial score (nSPS) is 10.9. The first kappa shape index (κ1) is 14.5. The van der Waals surface area contributed by atoms with Crippen LogP contribution in [0.5, 0.6) is 5.75 Å². The van der Waals surface area contributed by atoms with Crippen molar-refractivity contribution in [2.45, 2.75) is 19.4 Å². The highest BCUT2D eigenvalue weighted by molar-refractivity contribution is 14.1. The SMILES string of the molecule is COc1ccc(COC/C=C\CCCI)cc1. The Morgan fingerprint density at radius 3 is 2.59 bits per heavy atom. The Bertz CT molecular complexity index is 319. The highest BCUT2D eigenvalue weighted by Crippen LogP contribution is 2.11. The average molecular weight is 346 g/mol. The van der Waals surface area contributed by atoms with Crippen molar-refractivity contribution in [3.63, 3.8) is 0 Å². The van der Waals surface area contributed by atoms with Gasteiger partial charge < -0.3 is 9.47 Å². The fourth-order valence-electron chi connectivity index (χ4n) is 1.35. The van der Waals surface area contributed by atoms with E-state index in [9.17, 15) is 0 Å². The van der Waals surface area contributed by atoms with Gasteiger partial charge >= 0.3 is 0 Å². The minimum atomic E-state index is 0.653. The van der Waals surface area contributed by atoms with Gasteiger partial charge in [-0.3, -0.25) is 0 Å². The number of methoxy groups -OCH3 is 1. The molecule has 0 atom stereocenters. The second-order valence-corrected chi connectivity index (χ2v) is 4.74. The van der Waals surface area contributed by atoms with Gasteiger partial charge in [0.15, 0.2) is 0 Å². The van der Waals surface area contributed by atoms with E-state index in [-0.39, 0.29) is 0 Å². The van der Waals surface area contributed by atoms with Crippen molar-refractivity contribution >= 4 is 22.6 Å². The fraction of sp³-hybridized carbons (Fsp3) is 0.429. The zero-order chi connectivity index (χ0) is 12.3. The van der Waals surface area contributed by atoms with E-state index in [1.54, 1.807) is 7.11 Å². The van der Waals surface area contributed by atoms with E-state index in [2.05, 4.69) is 34.7 Å². The first-order valence-electron chi connectivity index (χ1n) is 5.78. The maximum atomic E-state index is 5.54. The number of benzene rings is 1. The highest BCUT2D eigenvalue weighted by Gasteiger charge is 1.93. The Labute approximate surface area is 117 Å². The summed E-state index contributed by atoms with van der Waals surface area (Å²) >= 11 is 2.39. The summed E-state index contributed by atoms with van der Waals surface area (Å²) < 4.78 is 11.9. The van der Waals surface area contributed by atoms with Gasteiger partial charge in [0.2, 0.25) is 0 Å². The molecule has 2 nitrogen and oxygen atoms in total. The average Bonchev–Trinajstić information content (AvgIpc) is 2.38. The number of hydrogen-bond acceptors (Lipinski definition) is 2. The van der Waals surface area contributed by atoms with Crippen LogP contribution in [0.15, 0.2) is 36.4 Å². The predicted molar refractivity (Wildman–Crippen MR) is 79.9 cm³/mol. The maximum Gasteiger partial charge on any atom is 0.118 e. The summed E-state index contributed by atoms with van der Waals surface area (Å²) in [6.45, 7) is 1.34. The van der Waals surface area contributed by atoms with Gasteiger partial charge in [-0.2, -0.15) is 0 Å². The molecule has 0 spiro atoms. The van der Waals surface area contributed by atoms with Crippen LogP contribution in [0.2, 0.25) is 0 Å². The van der Waals surface area contributed by atoms with Crippen LogP contribution in [0, 0.1) is 0 Å². The van der Waals surface area contributed by atoms with Gasteiger partial charge in [0.25, 0.3) is 0 Å². The Morgan fingerprint density at radius 2 is 1.94 bits per heavy atom. The number of halogens is 1. The van der Waals surface area contributed by atoms with Crippen molar-refractivity contribution in [2.75, 3.05) is 18.1 Å². The van der Waals surface area contributed by atoms with Crippen LogP contribution < -0.4 is 4.74 Å². The molecular weight excluding hydrogens is 327 g/mol. The van der Waals surface area contributed by atoms with E-state index in [1.807, 2.05) is 24.3 Å². The van der Waals surface area contributed by atoms with E-state index in [0.29, 0.717) is 13.2 Å². The van der Waals surface area contributed by atoms with E-state index >= 15 is 0 Å². The molecule has 0 aliphatic carbocycles. The lowest BCUT2D eigenvalue weighted by Crippen LogP contribution is -1.93. The van der Waals surface area contributed by atoms with Crippen molar-refractivity contribution in [1.82, 2.24) is 0 Å². The molecule has 1 rings (SSSR count). The number of alkyl halides is 1. The van der Waals surface area contributed by atoms with Crippen LogP contribution in [0.1, 0.15) is 18.4 Å². The molecule has 0 fully saturated rings. The number of unbranched alkanes of at least 4 members (excludes halogenated alkanes) is 1. The molecule has 0 saturated carbocycles. The fourth-order valence-corrected chi connectivity index (χ4v) is 1.79. The van der Waals surface area contributed by atoms with E-state index in [0.717, 1.165) is 12.2 Å². The third-order valence-corrected chi connectivity index (χ3v) is 3.08. The molecule has 0 N–H and O–H groups in total. The molecule has 0 amide bonds. The van der Waals surface area contributed by atoms with Crippen LogP contribution in [0.25, 0.3) is 0 Å². The summed E-state index contributed by atoms with van der Waals surface area (Å²) in [7, 11) is 1.67. The molecule has 0 aliphatic heterocycles. The van der Waals surface area contributed by atoms with Crippen LogP contribution in [0.3, 0.4) is 0 Å². The smallest absolute Gasteiger partial charge is 0.118 e. The molecule has 0 saturated heterocycles. The lowest BCUT2D eigenvalue weighted by Gasteiger charge is -2.03. The Balaban J connectivity index is 2.15. The number of allylic oxidation sites excluding steroid dienone is 1. The summed E-state index contributed by atoms with van der Waals surface area (Å²) in [4.78, 5) is 0. The molecular formula is C14H19IO2. The summed E-state index contributed by atoms with van der Waals surface area (Å²) in [6, 6.07) is 7.96. The molecule has 3 heteroatoms. The maximum absolute atomic E-state index is 5.54. The first-order chi connectivity index (χ1) is 8.36. The standard InChI is InChI=1S/C14H19IO2/c1-16-14-8-6-13(7-9-14)12-17-11-5-3-2-4-10-15/h3,5-9H,2,4,10-12H2,1H3/b5-3-.